The first-order chi connectivity index (χ1) is 10.5. The third-order valence-corrected chi connectivity index (χ3v) is 3.31. The maximum Gasteiger partial charge on any atom is 0.120 e. The van der Waals surface area contributed by atoms with Crippen LogP contribution in [0.2, 0.25) is 0 Å². The molecule has 0 amide bonds. The molecule has 4 heteroatoms. The van der Waals surface area contributed by atoms with Crippen LogP contribution in [0, 0.1) is 6.92 Å². The number of hydrogen-bond acceptors (Lipinski definition) is 3. The van der Waals surface area contributed by atoms with E-state index in [0.29, 0.717) is 12.6 Å². The summed E-state index contributed by atoms with van der Waals surface area (Å²) in [5.41, 5.74) is 4.43. The lowest BCUT2D eigenvalue weighted by Crippen LogP contribution is -2.27. The van der Waals surface area contributed by atoms with Crippen LogP contribution < -0.4 is 10.1 Å². The molecular weight excluding hydrogens is 274 g/mol. The van der Waals surface area contributed by atoms with Crippen LogP contribution in [0.15, 0.2) is 42.5 Å². The van der Waals surface area contributed by atoms with Crippen molar-refractivity contribution in [1.82, 2.24) is 15.5 Å². The van der Waals surface area contributed by atoms with Crippen molar-refractivity contribution >= 4 is 0 Å². The van der Waals surface area contributed by atoms with Crippen LogP contribution in [0.3, 0.4) is 0 Å². The number of nitrogens with one attached hydrogen (secondary N) is 2. The minimum atomic E-state index is 0.364. The van der Waals surface area contributed by atoms with Gasteiger partial charge in [-0.05, 0) is 50.1 Å². The van der Waals surface area contributed by atoms with Crippen LogP contribution in [0.25, 0.3) is 0 Å². The van der Waals surface area contributed by atoms with E-state index in [2.05, 4.69) is 47.2 Å². The molecule has 1 aromatic heterocycles. The van der Waals surface area contributed by atoms with Gasteiger partial charge in [0.15, 0.2) is 0 Å². The summed E-state index contributed by atoms with van der Waals surface area (Å²) in [6, 6.07) is 10.6. The number of benzene rings is 1. The Morgan fingerprint density at radius 3 is 2.91 bits per heavy atom. The first kappa shape index (κ1) is 16.3. The molecule has 0 unspecified atom stereocenters. The minimum Gasteiger partial charge on any atom is -0.489 e. The quantitative estimate of drug-likeness (QED) is 0.735. The zero-order valence-electron chi connectivity index (χ0n) is 13.6. The van der Waals surface area contributed by atoms with E-state index in [0.717, 1.165) is 35.7 Å². The van der Waals surface area contributed by atoms with Crippen molar-refractivity contribution in [3.63, 3.8) is 0 Å². The van der Waals surface area contributed by atoms with E-state index < -0.39 is 0 Å². The molecule has 0 saturated heterocycles. The SMILES string of the molecule is C=C(C)COc1cccc(CN[C@H](C)Cc2cc(C)[nH]n2)c1. The average molecular weight is 299 g/mol. The smallest absolute Gasteiger partial charge is 0.120 e. The zero-order chi connectivity index (χ0) is 15.9. The van der Waals surface area contributed by atoms with Crippen molar-refractivity contribution < 1.29 is 4.74 Å². The number of aryl methyl sites for hydroxylation is 1. The Bertz CT molecular complexity index is 618. The molecule has 22 heavy (non-hydrogen) atoms. The molecule has 2 N–H and O–H groups in total. The number of aromatic amines is 1. The van der Waals surface area contributed by atoms with E-state index in [1.807, 2.05) is 26.0 Å². The number of ether oxygens (including phenoxy) is 1. The highest BCUT2D eigenvalue weighted by molar-refractivity contribution is 5.28. The molecule has 1 heterocycles. The Labute approximate surface area is 132 Å². The van der Waals surface area contributed by atoms with Crippen molar-refractivity contribution in [3.8, 4) is 5.75 Å². The second-order valence-corrected chi connectivity index (χ2v) is 5.92. The summed E-state index contributed by atoms with van der Waals surface area (Å²) < 4.78 is 5.67. The summed E-state index contributed by atoms with van der Waals surface area (Å²) in [5.74, 6) is 0.887. The summed E-state index contributed by atoms with van der Waals surface area (Å²) in [5, 5.41) is 10.8. The maximum absolute atomic E-state index is 5.67. The highest BCUT2D eigenvalue weighted by atomic mass is 16.5. The van der Waals surface area contributed by atoms with Gasteiger partial charge in [0.05, 0.1) is 5.69 Å². The lowest BCUT2D eigenvalue weighted by Gasteiger charge is -2.13. The Balaban J connectivity index is 1.82. The van der Waals surface area contributed by atoms with Crippen LogP contribution in [-0.2, 0) is 13.0 Å². The van der Waals surface area contributed by atoms with Gasteiger partial charge in [-0.3, -0.25) is 5.10 Å². The van der Waals surface area contributed by atoms with Crippen LogP contribution >= 0.6 is 0 Å². The Kier molecular flexibility index (Phi) is 5.78. The first-order valence-corrected chi connectivity index (χ1v) is 7.63. The second-order valence-electron chi connectivity index (χ2n) is 5.92. The average Bonchev–Trinajstić information content (AvgIpc) is 2.88. The zero-order valence-corrected chi connectivity index (χ0v) is 13.6. The molecule has 0 aliphatic carbocycles. The van der Waals surface area contributed by atoms with Crippen molar-refractivity contribution in [2.45, 2.75) is 39.8 Å². The predicted octanol–water partition coefficient (Wildman–Crippen LogP) is 3.39. The number of aromatic nitrogens is 2. The first-order valence-electron chi connectivity index (χ1n) is 7.63. The predicted molar refractivity (Wildman–Crippen MR) is 90.1 cm³/mol. The number of nitrogens with zero attached hydrogens (tertiary/aromatic N) is 1. The van der Waals surface area contributed by atoms with Crippen molar-refractivity contribution in [2.75, 3.05) is 6.61 Å². The molecule has 4 nitrogen and oxygen atoms in total. The Hall–Kier alpha value is -2.07. The van der Waals surface area contributed by atoms with Crippen LogP contribution in [0.4, 0.5) is 0 Å². The van der Waals surface area contributed by atoms with Gasteiger partial charge in [-0.2, -0.15) is 5.10 Å². The highest BCUT2D eigenvalue weighted by Crippen LogP contribution is 2.14. The molecule has 0 spiro atoms. The molecule has 0 radical (unpaired) electrons. The fourth-order valence-corrected chi connectivity index (χ4v) is 2.21. The molecule has 1 aromatic carbocycles. The van der Waals surface area contributed by atoms with Gasteiger partial charge in [-0.1, -0.05) is 18.7 Å². The van der Waals surface area contributed by atoms with Gasteiger partial charge in [0, 0.05) is 24.7 Å². The summed E-state index contributed by atoms with van der Waals surface area (Å²) in [4.78, 5) is 0. The number of hydrogen-bond donors (Lipinski definition) is 2. The third kappa shape index (κ3) is 5.37. The summed E-state index contributed by atoms with van der Waals surface area (Å²) in [6.45, 7) is 11.4. The van der Waals surface area contributed by atoms with E-state index in [1.54, 1.807) is 0 Å². The number of rotatable bonds is 8. The molecule has 0 aliphatic heterocycles. The standard InChI is InChI=1S/C18H25N3O/c1-13(2)12-22-18-7-5-6-16(10-18)11-19-14(3)8-17-9-15(4)20-21-17/h5-7,9-10,14,19H,1,8,11-12H2,2-4H3,(H,20,21)/t14-/m1/s1. The van der Waals surface area contributed by atoms with Crippen LogP contribution in [-0.4, -0.2) is 22.8 Å². The van der Waals surface area contributed by atoms with Crippen molar-refractivity contribution in [2.24, 2.45) is 0 Å². The van der Waals surface area contributed by atoms with E-state index in [4.69, 9.17) is 4.74 Å². The summed E-state index contributed by atoms with van der Waals surface area (Å²) >= 11 is 0. The molecule has 0 saturated carbocycles. The van der Waals surface area contributed by atoms with E-state index in [-0.39, 0.29) is 0 Å². The van der Waals surface area contributed by atoms with Gasteiger partial charge in [-0.15, -0.1) is 0 Å². The normalized spacial score (nSPS) is 12.1. The molecule has 118 valence electrons. The molecule has 0 fully saturated rings. The monoisotopic (exact) mass is 299 g/mol. The van der Waals surface area contributed by atoms with Crippen LogP contribution in [0.1, 0.15) is 30.8 Å². The van der Waals surface area contributed by atoms with Gasteiger partial charge in [0.1, 0.15) is 12.4 Å². The fourth-order valence-electron chi connectivity index (χ4n) is 2.21. The van der Waals surface area contributed by atoms with E-state index >= 15 is 0 Å². The lowest BCUT2D eigenvalue weighted by atomic mass is 10.1. The maximum atomic E-state index is 5.67. The van der Waals surface area contributed by atoms with Crippen molar-refractivity contribution in [1.29, 1.82) is 0 Å². The molecule has 0 bridgehead atoms. The van der Waals surface area contributed by atoms with Gasteiger partial charge >= 0.3 is 0 Å². The Morgan fingerprint density at radius 1 is 1.41 bits per heavy atom. The summed E-state index contributed by atoms with van der Waals surface area (Å²) in [6.07, 6.45) is 0.913. The van der Waals surface area contributed by atoms with Crippen LogP contribution in [0.5, 0.6) is 5.75 Å². The Morgan fingerprint density at radius 2 is 2.23 bits per heavy atom. The molecule has 1 atom stereocenters. The topological polar surface area (TPSA) is 49.9 Å². The molecular formula is C18H25N3O. The van der Waals surface area contributed by atoms with E-state index in [1.165, 1.54) is 5.56 Å². The molecule has 0 aliphatic rings. The summed E-state index contributed by atoms with van der Waals surface area (Å²) in [7, 11) is 0. The highest BCUT2D eigenvalue weighted by Gasteiger charge is 2.06. The lowest BCUT2D eigenvalue weighted by molar-refractivity contribution is 0.352. The molecule has 2 aromatic rings. The van der Waals surface area contributed by atoms with Crippen molar-refractivity contribution in [3.05, 3.63) is 59.4 Å². The second kappa shape index (κ2) is 7.80. The van der Waals surface area contributed by atoms with Gasteiger partial charge in [0.2, 0.25) is 0 Å². The largest absolute Gasteiger partial charge is 0.489 e. The fraction of sp³-hybridized carbons (Fsp3) is 0.389. The minimum absolute atomic E-state index is 0.364. The van der Waals surface area contributed by atoms with Gasteiger partial charge in [0.25, 0.3) is 0 Å². The number of H-pyrrole nitrogens is 1. The molecule has 2 rings (SSSR count). The van der Waals surface area contributed by atoms with Gasteiger partial charge in [-0.25, -0.2) is 0 Å². The van der Waals surface area contributed by atoms with E-state index in [9.17, 15) is 0 Å². The van der Waals surface area contributed by atoms with Gasteiger partial charge < -0.3 is 10.1 Å². The third-order valence-electron chi connectivity index (χ3n) is 3.31.